The van der Waals surface area contributed by atoms with Gasteiger partial charge in [0.05, 0.1) is 0 Å². The topological polar surface area (TPSA) is 66.4 Å². The van der Waals surface area contributed by atoms with E-state index in [1.165, 1.54) is 44.1 Å². The fourth-order valence-electron chi connectivity index (χ4n) is 6.64. The lowest BCUT2D eigenvalue weighted by Gasteiger charge is -2.57. The molecule has 150 valence electrons. The number of hydrogen-bond acceptors (Lipinski definition) is 2. The maximum Gasteiger partial charge on any atom is 0.320 e. The number of carbonyl (C=O) groups is 2. The third-order valence-corrected chi connectivity index (χ3v) is 7.45. The van der Waals surface area contributed by atoms with Gasteiger partial charge in [-0.1, -0.05) is 42.5 Å². The summed E-state index contributed by atoms with van der Waals surface area (Å²) < 4.78 is 0. The van der Waals surface area contributed by atoms with Gasteiger partial charge in [-0.2, -0.15) is 0 Å². The van der Waals surface area contributed by atoms with E-state index in [1.54, 1.807) is 24.3 Å². The molecule has 1 amide bonds. The van der Waals surface area contributed by atoms with Crippen LogP contribution in [0.3, 0.4) is 0 Å². The highest BCUT2D eigenvalue weighted by molar-refractivity contribution is 6.08. The average Bonchev–Trinajstić information content (AvgIpc) is 2.68. The molecule has 0 heterocycles. The normalized spacial score (nSPS) is 30.7. The van der Waals surface area contributed by atoms with Crippen molar-refractivity contribution in [1.82, 2.24) is 0 Å². The van der Waals surface area contributed by atoms with E-state index in [4.69, 9.17) is 0 Å². The van der Waals surface area contributed by atoms with Crippen molar-refractivity contribution in [1.29, 1.82) is 0 Å². The second-order valence-electron chi connectivity index (χ2n) is 9.45. The molecule has 0 saturated heterocycles. The molecule has 4 fully saturated rings. The van der Waals surface area contributed by atoms with Gasteiger partial charge in [0, 0.05) is 5.69 Å². The molecular weight excluding hydrogens is 362 g/mol. The van der Waals surface area contributed by atoms with Crippen molar-refractivity contribution in [2.45, 2.75) is 49.9 Å². The predicted molar refractivity (Wildman–Crippen MR) is 112 cm³/mol. The molecule has 4 bridgehead atoms. The molecule has 4 saturated carbocycles. The Kier molecular flexibility index (Phi) is 4.45. The Morgan fingerprint density at radius 3 is 1.93 bits per heavy atom. The summed E-state index contributed by atoms with van der Waals surface area (Å²) in [4.78, 5) is 24.4. The number of carbonyl (C=O) groups excluding carboxylic acids is 1. The number of amides is 1. The van der Waals surface area contributed by atoms with Gasteiger partial charge >= 0.3 is 5.97 Å². The van der Waals surface area contributed by atoms with E-state index in [0.717, 1.165) is 17.8 Å². The van der Waals surface area contributed by atoms with E-state index in [1.807, 2.05) is 18.2 Å². The fourth-order valence-corrected chi connectivity index (χ4v) is 6.64. The van der Waals surface area contributed by atoms with Crippen LogP contribution in [0, 0.1) is 17.8 Å². The van der Waals surface area contributed by atoms with Gasteiger partial charge in [0.15, 0.2) is 5.92 Å². The first-order valence-electron chi connectivity index (χ1n) is 10.7. The molecule has 0 spiro atoms. The molecule has 4 heteroatoms. The molecule has 4 aliphatic rings. The first-order valence-corrected chi connectivity index (χ1v) is 10.7. The fraction of sp³-hybridized carbons (Fsp3) is 0.440. The minimum Gasteiger partial charge on any atom is -0.480 e. The largest absolute Gasteiger partial charge is 0.480 e. The number of anilines is 1. The van der Waals surface area contributed by atoms with Crippen molar-refractivity contribution in [3.8, 4) is 0 Å². The number of hydrogen-bond donors (Lipinski definition) is 2. The SMILES string of the molecule is O=C(O)[C@H](C(=O)Nc1ccc(C23CC4CC(CC(C4)C2)C3)cc1)c1ccccc1. The van der Waals surface area contributed by atoms with Crippen LogP contribution < -0.4 is 5.32 Å². The monoisotopic (exact) mass is 389 g/mol. The highest BCUT2D eigenvalue weighted by Gasteiger charge is 2.51. The number of benzene rings is 2. The molecule has 2 aromatic carbocycles. The van der Waals surface area contributed by atoms with Gasteiger partial charge in [-0.25, -0.2) is 0 Å². The van der Waals surface area contributed by atoms with E-state index >= 15 is 0 Å². The molecule has 0 radical (unpaired) electrons. The number of aliphatic carboxylic acids is 1. The van der Waals surface area contributed by atoms with Gasteiger partial charge in [-0.3, -0.25) is 9.59 Å². The second kappa shape index (κ2) is 7.01. The van der Waals surface area contributed by atoms with Crippen LogP contribution in [-0.4, -0.2) is 17.0 Å². The van der Waals surface area contributed by atoms with Crippen LogP contribution in [0.2, 0.25) is 0 Å². The molecule has 4 nitrogen and oxygen atoms in total. The molecular formula is C25H27NO3. The van der Waals surface area contributed by atoms with E-state index in [0.29, 0.717) is 16.7 Å². The zero-order chi connectivity index (χ0) is 20.0. The lowest BCUT2D eigenvalue weighted by Crippen LogP contribution is -2.48. The smallest absolute Gasteiger partial charge is 0.320 e. The van der Waals surface area contributed by atoms with Crippen molar-refractivity contribution in [3.63, 3.8) is 0 Å². The third-order valence-electron chi connectivity index (χ3n) is 7.45. The summed E-state index contributed by atoms with van der Waals surface area (Å²) in [5.74, 6) is -0.183. The first-order chi connectivity index (χ1) is 14.0. The number of carboxylic acid groups (broad SMARTS) is 1. The van der Waals surface area contributed by atoms with Gasteiger partial charge in [0.1, 0.15) is 0 Å². The number of carboxylic acids is 1. The highest BCUT2D eigenvalue weighted by atomic mass is 16.4. The summed E-state index contributed by atoms with van der Waals surface area (Å²) in [6.45, 7) is 0. The van der Waals surface area contributed by atoms with Gasteiger partial charge in [-0.05, 0) is 85.0 Å². The van der Waals surface area contributed by atoms with E-state index in [2.05, 4.69) is 17.4 Å². The number of rotatable bonds is 5. The zero-order valence-electron chi connectivity index (χ0n) is 16.5. The summed E-state index contributed by atoms with van der Waals surface area (Å²) in [7, 11) is 0. The Morgan fingerprint density at radius 2 is 1.41 bits per heavy atom. The van der Waals surface area contributed by atoms with Crippen LogP contribution in [0.4, 0.5) is 5.69 Å². The Labute approximate surface area is 171 Å². The van der Waals surface area contributed by atoms with E-state index in [-0.39, 0.29) is 0 Å². The van der Waals surface area contributed by atoms with Crippen molar-refractivity contribution < 1.29 is 14.7 Å². The Morgan fingerprint density at radius 1 is 0.862 bits per heavy atom. The van der Waals surface area contributed by atoms with Crippen molar-refractivity contribution in [3.05, 3.63) is 65.7 Å². The number of nitrogens with one attached hydrogen (secondary N) is 1. The van der Waals surface area contributed by atoms with Gasteiger partial charge < -0.3 is 10.4 Å². The second-order valence-corrected chi connectivity index (χ2v) is 9.45. The zero-order valence-corrected chi connectivity index (χ0v) is 16.5. The summed E-state index contributed by atoms with van der Waals surface area (Å²) in [6, 6.07) is 16.8. The standard InChI is InChI=1S/C25H27NO3/c27-23(22(24(28)29)19-4-2-1-3-5-19)26-21-8-6-20(7-9-21)25-13-16-10-17(14-25)12-18(11-16)15-25/h1-9,16-18,22H,10-15H2,(H,26,27)(H,28,29)/t16?,17?,18?,22-,25?/m0/s1. The maximum absolute atomic E-state index is 12.7. The lowest BCUT2D eigenvalue weighted by molar-refractivity contribution is -0.141. The summed E-state index contributed by atoms with van der Waals surface area (Å²) in [6.07, 6.45) is 8.18. The van der Waals surface area contributed by atoms with Crippen LogP contribution in [0.25, 0.3) is 0 Å². The van der Waals surface area contributed by atoms with E-state index < -0.39 is 17.8 Å². The van der Waals surface area contributed by atoms with Crippen LogP contribution >= 0.6 is 0 Å². The summed E-state index contributed by atoms with van der Waals surface area (Å²) >= 11 is 0. The summed E-state index contributed by atoms with van der Waals surface area (Å²) in [5.41, 5.74) is 2.87. The Bertz CT molecular complexity index is 884. The molecule has 2 N–H and O–H groups in total. The van der Waals surface area contributed by atoms with Crippen LogP contribution in [0.15, 0.2) is 54.6 Å². The minimum atomic E-state index is -1.21. The van der Waals surface area contributed by atoms with Crippen molar-refractivity contribution in [2.75, 3.05) is 5.32 Å². The van der Waals surface area contributed by atoms with Gasteiger partial charge in [-0.15, -0.1) is 0 Å². The van der Waals surface area contributed by atoms with Gasteiger partial charge in [0.25, 0.3) is 0 Å². The lowest BCUT2D eigenvalue weighted by atomic mass is 9.48. The van der Waals surface area contributed by atoms with Crippen LogP contribution in [-0.2, 0) is 15.0 Å². The average molecular weight is 389 g/mol. The minimum absolute atomic E-state index is 0.324. The van der Waals surface area contributed by atoms with Crippen molar-refractivity contribution >= 4 is 17.6 Å². The highest BCUT2D eigenvalue weighted by Crippen LogP contribution is 2.60. The quantitative estimate of drug-likeness (QED) is 0.710. The third kappa shape index (κ3) is 3.35. The molecule has 0 unspecified atom stereocenters. The molecule has 4 aliphatic carbocycles. The first kappa shape index (κ1) is 18.4. The molecule has 2 aromatic rings. The molecule has 0 aromatic heterocycles. The molecule has 0 aliphatic heterocycles. The summed E-state index contributed by atoms with van der Waals surface area (Å²) in [5, 5.41) is 12.4. The molecule has 1 atom stereocenters. The van der Waals surface area contributed by atoms with Crippen molar-refractivity contribution in [2.24, 2.45) is 17.8 Å². The van der Waals surface area contributed by atoms with Crippen LogP contribution in [0.5, 0.6) is 0 Å². The van der Waals surface area contributed by atoms with Gasteiger partial charge in [0.2, 0.25) is 5.91 Å². The Hall–Kier alpha value is -2.62. The molecule has 29 heavy (non-hydrogen) atoms. The van der Waals surface area contributed by atoms with Crippen LogP contribution in [0.1, 0.15) is 55.6 Å². The Balaban J connectivity index is 1.33. The molecule has 6 rings (SSSR count). The maximum atomic E-state index is 12.7. The van der Waals surface area contributed by atoms with E-state index in [9.17, 15) is 14.7 Å². The predicted octanol–water partition coefficient (Wildman–Crippen LogP) is 4.96.